The van der Waals surface area contributed by atoms with Gasteiger partial charge in [-0.1, -0.05) is 0 Å². The summed E-state index contributed by atoms with van der Waals surface area (Å²) in [6.07, 6.45) is 1.66. The van der Waals surface area contributed by atoms with E-state index in [-0.39, 0.29) is 30.4 Å². The highest BCUT2D eigenvalue weighted by Gasteiger charge is 2.33. The number of ether oxygens (including phenoxy) is 2. The van der Waals surface area contributed by atoms with Crippen LogP contribution in [0.15, 0.2) is 23.2 Å². The Morgan fingerprint density at radius 1 is 1.29 bits per heavy atom. The Bertz CT molecular complexity index is 818. The van der Waals surface area contributed by atoms with E-state index in [1.54, 1.807) is 16.9 Å². The maximum Gasteiger partial charge on any atom is 0.410 e. The Morgan fingerprint density at radius 3 is 2.58 bits per heavy atom. The third-order valence-corrected chi connectivity index (χ3v) is 5.47. The molecule has 1 saturated heterocycles. The Hall–Kier alpha value is -2.81. The number of anilines is 1. The van der Waals surface area contributed by atoms with Crippen LogP contribution in [-0.2, 0) is 14.4 Å². The zero-order valence-electron chi connectivity index (χ0n) is 18.8. The number of amidine groups is 1. The van der Waals surface area contributed by atoms with Crippen LogP contribution in [0.4, 0.5) is 10.5 Å². The Labute approximate surface area is 183 Å². The number of nitrogens with zero attached hydrogens (tertiary/aromatic N) is 3. The van der Waals surface area contributed by atoms with Crippen LogP contribution in [0.25, 0.3) is 0 Å². The van der Waals surface area contributed by atoms with E-state index in [4.69, 9.17) is 19.3 Å². The van der Waals surface area contributed by atoms with Crippen molar-refractivity contribution >= 4 is 24.0 Å². The molecule has 1 unspecified atom stereocenters. The van der Waals surface area contributed by atoms with Crippen molar-refractivity contribution in [1.29, 1.82) is 0 Å². The van der Waals surface area contributed by atoms with Gasteiger partial charge in [0.05, 0.1) is 18.9 Å². The van der Waals surface area contributed by atoms with Gasteiger partial charge >= 0.3 is 6.09 Å². The van der Waals surface area contributed by atoms with Gasteiger partial charge in [0.1, 0.15) is 5.75 Å². The van der Waals surface area contributed by atoms with Crippen LogP contribution in [0.3, 0.4) is 0 Å². The molecule has 2 heterocycles. The van der Waals surface area contributed by atoms with Crippen LogP contribution < -0.4 is 15.1 Å². The molecule has 2 amide bonds. The smallest absolute Gasteiger partial charge is 0.410 e. The molecule has 2 aliphatic heterocycles. The number of methoxy groups -OCH3 is 1. The molecule has 3 rings (SSSR count). The van der Waals surface area contributed by atoms with Crippen molar-refractivity contribution < 1.29 is 23.9 Å². The lowest BCUT2D eigenvalue weighted by Crippen LogP contribution is -2.42. The predicted molar refractivity (Wildman–Crippen MR) is 117 cm³/mol. The molecule has 9 nitrogen and oxygen atoms in total. The van der Waals surface area contributed by atoms with Gasteiger partial charge < -0.3 is 19.3 Å². The number of hydroxylamine groups is 1. The summed E-state index contributed by atoms with van der Waals surface area (Å²) in [6, 6.07) is 5.56. The molecule has 1 atom stereocenters. The van der Waals surface area contributed by atoms with Gasteiger partial charge in [0.25, 0.3) is 0 Å². The molecule has 0 radical (unpaired) electrons. The predicted octanol–water partition coefficient (Wildman–Crippen LogP) is 2.93. The minimum atomic E-state index is -0.323. The second-order valence-corrected chi connectivity index (χ2v) is 8.34. The largest absolute Gasteiger partial charge is 0.495 e. The van der Waals surface area contributed by atoms with E-state index < -0.39 is 0 Å². The number of hydrogen-bond donors (Lipinski definition) is 1. The molecular weight excluding hydrogens is 400 g/mol. The van der Waals surface area contributed by atoms with Crippen molar-refractivity contribution in [3.05, 3.63) is 23.8 Å². The molecule has 0 aliphatic carbocycles. The van der Waals surface area contributed by atoms with Crippen molar-refractivity contribution in [3.63, 3.8) is 0 Å². The number of carbonyl (C=O) groups is 2. The van der Waals surface area contributed by atoms with Gasteiger partial charge in [-0.2, -0.15) is 0 Å². The highest BCUT2D eigenvalue weighted by Crippen LogP contribution is 2.32. The first-order valence-electron chi connectivity index (χ1n) is 10.7. The van der Waals surface area contributed by atoms with E-state index in [0.717, 1.165) is 24.8 Å². The zero-order valence-corrected chi connectivity index (χ0v) is 18.8. The number of rotatable bonds is 7. The van der Waals surface area contributed by atoms with E-state index >= 15 is 0 Å². The van der Waals surface area contributed by atoms with E-state index in [1.165, 1.54) is 0 Å². The van der Waals surface area contributed by atoms with Gasteiger partial charge in [-0.25, -0.2) is 20.1 Å². The second-order valence-electron chi connectivity index (χ2n) is 8.34. The minimum Gasteiger partial charge on any atom is -0.495 e. The average Bonchev–Trinajstić information content (AvgIpc) is 3.24. The standard InChI is InChI=1S/C22H32N4O5/c1-14(2)26(13-27)18-12-17(6-7-19(18)29-5)20-23-21(31-24-20)16-8-10-25(11-9-16)22(28)30-15(3)4/h6-7,12-16,21H,8-11H2,1-5H3,(H,23,24). The van der Waals surface area contributed by atoms with Crippen LogP contribution in [0.5, 0.6) is 5.75 Å². The Kier molecular flexibility index (Phi) is 7.37. The van der Waals surface area contributed by atoms with Crippen molar-refractivity contribution in [3.8, 4) is 5.75 Å². The van der Waals surface area contributed by atoms with E-state index in [9.17, 15) is 9.59 Å². The maximum atomic E-state index is 12.1. The molecule has 170 valence electrons. The lowest BCUT2D eigenvalue weighted by Gasteiger charge is -2.32. The fourth-order valence-corrected chi connectivity index (χ4v) is 3.77. The third kappa shape index (κ3) is 5.28. The van der Waals surface area contributed by atoms with Gasteiger partial charge in [-0.05, 0) is 58.7 Å². The fourth-order valence-electron chi connectivity index (χ4n) is 3.77. The molecule has 2 aliphatic rings. The summed E-state index contributed by atoms with van der Waals surface area (Å²) < 4.78 is 10.7. The molecule has 0 spiro atoms. The molecule has 0 aromatic heterocycles. The summed E-state index contributed by atoms with van der Waals surface area (Å²) in [5.74, 6) is 1.43. The van der Waals surface area contributed by atoms with Crippen LogP contribution >= 0.6 is 0 Å². The van der Waals surface area contributed by atoms with Crippen LogP contribution in [0.1, 0.15) is 46.1 Å². The van der Waals surface area contributed by atoms with Gasteiger partial charge in [0.2, 0.25) is 6.41 Å². The lowest BCUT2D eigenvalue weighted by atomic mass is 9.95. The molecule has 0 bridgehead atoms. The van der Waals surface area contributed by atoms with E-state index in [2.05, 4.69) is 5.48 Å². The number of piperidine rings is 1. The summed E-state index contributed by atoms with van der Waals surface area (Å²) in [6.45, 7) is 8.81. The molecule has 1 fully saturated rings. The van der Waals surface area contributed by atoms with E-state index in [1.807, 2.05) is 45.9 Å². The number of carbonyl (C=O) groups excluding carboxylic acids is 2. The number of nitrogens with one attached hydrogen (secondary N) is 1. The first kappa shape index (κ1) is 22.9. The summed E-state index contributed by atoms with van der Waals surface area (Å²) in [5.41, 5.74) is 4.41. The van der Waals surface area contributed by atoms with Crippen LogP contribution in [0.2, 0.25) is 0 Å². The third-order valence-electron chi connectivity index (χ3n) is 5.47. The summed E-state index contributed by atoms with van der Waals surface area (Å²) >= 11 is 0. The van der Waals surface area contributed by atoms with Crippen molar-refractivity contribution in [2.75, 3.05) is 25.1 Å². The van der Waals surface area contributed by atoms with Crippen LogP contribution in [-0.4, -0.2) is 61.8 Å². The number of amides is 2. The molecule has 9 heteroatoms. The topological polar surface area (TPSA) is 92.7 Å². The summed E-state index contributed by atoms with van der Waals surface area (Å²) in [7, 11) is 1.58. The first-order valence-corrected chi connectivity index (χ1v) is 10.7. The molecule has 1 aromatic rings. The minimum absolute atomic E-state index is 0.0169. The number of hydrogen-bond acceptors (Lipinski definition) is 7. The maximum absolute atomic E-state index is 12.1. The normalized spacial score (nSPS) is 19.3. The molecule has 1 N–H and O–H groups in total. The monoisotopic (exact) mass is 432 g/mol. The van der Waals surface area contributed by atoms with Gasteiger partial charge in [-0.15, -0.1) is 0 Å². The van der Waals surface area contributed by atoms with Crippen molar-refractivity contribution in [2.45, 2.75) is 58.9 Å². The highest BCUT2D eigenvalue weighted by molar-refractivity contribution is 6.00. The van der Waals surface area contributed by atoms with Crippen molar-refractivity contribution in [1.82, 2.24) is 10.4 Å². The number of benzene rings is 1. The van der Waals surface area contributed by atoms with Gasteiger partial charge in [0, 0.05) is 30.6 Å². The quantitative estimate of drug-likeness (QED) is 0.666. The summed E-state index contributed by atoms with van der Waals surface area (Å²) in [4.78, 5) is 37.5. The van der Waals surface area contributed by atoms with Gasteiger partial charge in [-0.3, -0.25) is 4.79 Å². The van der Waals surface area contributed by atoms with E-state index in [0.29, 0.717) is 30.4 Å². The number of likely N-dealkylation sites (tertiary alicyclic amines) is 1. The van der Waals surface area contributed by atoms with Crippen molar-refractivity contribution in [2.24, 2.45) is 10.9 Å². The Morgan fingerprint density at radius 2 is 2.00 bits per heavy atom. The Balaban J connectivity index is 1.69. The highest BCUT2D eigenvalue weighted by atomic mass is 16.7. The SMILES string of the molecule is COc1ccc(C2=NC(C3CCN(C(=O)OC(C)C)CC3)ON2)cc1N(C=O)C(C)C. The fraction of sp³-hybridized carbons (Fsp3) is 0.591. The molecule has 1 aromatic carbocycles. The molecule has 31 heavy (non-hydrogen) atoms. The average molecular weight is 433 g/mol. The lowest BCUT2D eigenvalue weighted by molar-refractivity contribution is -0.107. The molecular formula is C22H32N4O5. The molecule has 0 saturated carbocycles. The summed E-state index contributed by atoms with van der Waals surface area (Å²) in [5, 5.41) is 0. The zero-order chi connectivity index (χ0) is 22.5. The number of aliphatic imine (C=N–C) groups is 1. The second kappa shape index (κ2) is 10.00. The van der Waals surface area contributed by atoms with Gasteiger partial charge in [0.15, 0.2) is 12.1 Å². The van der Waals surface area contributed by atoms with Crippen LogP contribution in [0, 0.1) is 5.92 Å². The first-order chi connectivity index (χ1) is 14.8.